The van der Waals surface area contributed by atoms with Crippen molar-refractivity contribution in [1.29, 1.82) is 0 Å². The molecule has 0 unspecified atom stereocenters. The molecule has 4 nitrogen and oxygen atoms in total. The van der Waals surface area contributed by atoms with Crippen LogP contribution in [0.3, 0.4) is 0 Å². The minimum atomic E-state index is -1.15. The summed E-state index contributed by atoms with van der Waals surface area (Å²) in [6, 6.07) is 11.2. The Morgan fingerprint density at radius 2 is 1.19 bits per heavy atom. The first kappa shape index (κ1) is 21.6. The lowest BCUT2D eigenvalue weighted by atomic mass is 9.80. The zero-order valence-electron chi connectivity index (χ0n) is 16.0. The Kier molecular flexibility index (Phi) is 7.23. The van der Waals surface area contributed by atoms with Crippen molar-refractivity contribution in [2.45, 2.75) is 40.5 Å². The van der Waals surface area contributed by atoms with E-state index in [-0.39, 0.29) is 11.8 Å². The lowest BCUT2D eigenvalue weighted by molar-refractivity contribution is -0.137. The van der Waals surface area contributed by atoms with Crippen LogP contribution >= 0.6 is 31.9 Å². The van der Waals surface area contributed by atoms with Gasteiger partial charge in [0.2, 0.25) is 11.8 Å². The Balaban J connectivity index is 2.32. The van der Waals surface area contributed by atoms with Gasteiger partial charge in [-0.3, -0.25) is 9.59 Å². The van der Waals surface area contributed by atoms with Crippen LogP contribution in [0.2, 0.25) is 0 Å². The second-order valence-corrected chi connectivity index (χ2v) is 8.23. The van der Waals surface area contributed by atoms with E-state index in [0.29, 0.717) is 24.2 Å². The van der Waals surface area contributed by atoms with E-state index in [0.717, 1.165) is 20.1 Å². The molecule has 2 aromatic carbocycles. The predicted octanol–water partition coefficient (Wildman–Crippen LogP) is 6.21. The van der Waals surface area contributed by atoms with E-state index in [4.69, 9.17) is 0 Å². The normalized spacial score (nSPS) is 11.2. The first-order valence-electron chi connectivity index (χ1n) is 8.90. The smallest absolute Gasteiger partial charge is 0.240 e. The van der Waals surface area contributed by atoms with Crippen LogP contribution in [0.1, 0.15) is 37.8 Å². The average molecular weight is 496 g/mol. The van der Waals surface area contributed by atoms with Crippen molar-refractivity contribution in [2.75, 3.05) is 10.6 Å². The van der Waals surface area contributed by atoms with Gasteiger partial charge in [-0.15, -0.1) is 0 Å². The molecule has 2 amide bonds. The second-order valence-electron chi connectivity index (χ2n) is 6.52. The van der Waals surface area contributed by atoms with Gasteiger partial charge in [0.15, 0.2) is 0 Å². The summed E-state index contributed by atoms with van der Waals surface area (Å²) in [5.74, 6) is -0.585. The quantitative estimate of drug-likeness (QED) is 0.468. The predicted molar refractivity (Wildman–Crippen MR) is 118 cm³/mol. The summed E-state index contributed by atoms with van der Waals surface area (Å²) in [6.07, 6.45) is 0.808. The van der Waals surface area contributed by atoms with Gasteiger partial charge < -0.3 is 10.6 Å². The molecule has 0 aliphatic heterocycles. The fourth-order valence-electron chi connectivity index (χ4n) is 2.97. The molecule has 2 N–H and O–H groups in total. The fraction of sp³-hybridized carbons (Fsp3) is 0.333. The van der Waals surface area contributed by atoms with E-state index < -0.39 is 5.41 Å². The highest BCUT2D eigenvalue weighted by Gasteiger charge is 2.43. The summed E-state index contributed by atoms with van der Waals surface area (Å²) in [6.45, 7) is 7.57. The highest BCUT2D eigenvalue weighted by atomic mass is 79.9. The molecule has 0 fully saturated rings. The summed E-state index contributed by atoms with van der Waals surface area (Å²) < 4.78 is 1.82. The number of halogens is 2. The zero-order valence-corrected chi connectivity index (χ0v) is 19.1. The molecule has 0 bridgehead atoms. The molecule has 0 aliphatic rings. The number of amides is 2. The van der Waals surface area contributed by atoms with Crippen LogP contribution in [-0.4, -0.2) is 11.8 Å². The maximum atomic E-state index is 13.1. The molecule has 0 atom stereocenters. The second kappa shape index (κ2) is 9.02. The Hall–Kier alpha value is -1.66. The number of hydrogen-bond acceptors (Lipinski definition) is 2. The van der Waals surface area contributed by atoms with E-state index in [1.54, 1.807) is 0 Å². The Labute approximate surface area is 177 Å². The maximum absolute atomic E-state index is 13.1. The van der Waals surface area contributed by atoms with E-state index in [1.165, 1.54) is 0 Å². The van der Waals surface area contributed by atoms with Gasteiger partial charge in [0, 0.05) is 20.3 Å². The first-order chi connectivity index (χ1) is 12.8. The monoisotopic (exact) mass is 494 g/mol. The number of anilines is 2. The van der Waals surface area contributed by atoms with Crippen molar-refractivity contribution < 1.29 is 9.59 Å². The van der Waals surface area contributed by atoms with Crippen LogP contribution in [0, 0.1) is 19.3 Å². The summed E-state index contributed by atoms with van der Waals surface area (Å²) >= 11 is 6.95. The average Bonchev–Trinajstić information content (AvgIpc) is 2.64. The highest BCUT2D eigenvalue weighted by molar-refractivity contribution is 9.10. The van der Waals surface area contributed by atoms with Gasteiger partial charge in [-0.1, -0.05) is 57.8 Å². The van der Waals surface area contributed by atoms with Crippen molar-refractivity contribution in [2.24, 2.45) is 5.41 Å². The third kappa shape index (κ3) is 4.43. The minimum absolute atomic E-state index is 0.293. The molecule has 0 saturated carbocycles. The van der Waals surface area contributed by atoms with Crippen LogP contribution in [0.15, 0.2) is 45.3 Å². The molecule has 2 aromatic rings. The standard InChI is InChI=1S/C21H24Br2N2O2/c1-5-21(6-2,19(26)24-17-11-7-9-15(22)13(17)3)20(27)25-18-12-8-10-16(23)14(18)4/h7-12H,5-6H2,1-4H3,(H,24,26)(H,25,27). The molecule has 27 heavy (non-hydrogen) atoms. The zero-order chi connectivity index (χ0) is 20.2. The van der Waals surface area contributed by atoms with Gasteiger partial charge in [0.25, 0.3) is 0 Å². The molecule has 0 radical (unpaired) electrons. The lowest BCUT2D eigenvalue weighted by Crippen LogP contribution is -2.45. The Bertz CT molecular complexity index is 794. The molecule has 0 spiro atoms. The highest BCUT2D eigenvalue weighted by Crippen LogP contribution is 2.33. The molecule has 0 heterocycles. The third-order valence-electron chi connectivity index (χ3n) is 5.11. The van der Waals surface area contributed by atoms with E-state index in [9.17, 15) is 9.59 Å². The first-order valence-corrected chi connectivity index (χ1v) is 10.5. The Morgan fingerprint density at radius 1 is 0.815 bits per heavy atom. The van der Waals surface area contributed by atoms with Crippen LogP contribution in [0.25, 0.3) is 0 Å². The molecular formula is C21H24Br2N2O2. The SMILES string of the molecule is CCC(CC)(C(=O)Nc1cccc(Br)c1C)C(=O)Nc1cccc(Br)c1C. The van der Waals surface area contributed by atoms with Crippen molar-refractivity contribution in [3.05, 3.63) is 56.5 Å². The Morgan fingerprint density at radius 3 is 1.52 bits per heavy atom. The summed E-state index contributed by atoms with van der Waals surface area (Å²) in [7, 11) is 0. The van der Waals surface area contributed by atoms with E-state index >= 15 is 0 Å². The van der Waals surface area contributed by atoms with Gasteiger partial charge in [0.1, 0.15) is 5.41 Å². The van der Waals surface area contributed by atoms with Gasteiger partial charge in [0.05, 0.1) is 0 Å². The molecule has 2 rings (SSSR count). The molecule has 0 aliphatic carbocycles. The molecule has 144 valence electrons. The molecular weight excluding hydrogens is 472 g/mol. The third-order valence-corrected chi connectivity index (χ3v) is 6.83. The fourth-order valence-corrected chi connectivity index (χ4v) is 3.70. The summed E-state index contributed by atoms with van der Waals surface area (Å²) in [5.41, 5.74) is 2.10. The van der Waals surface area contributed by atoms with Crippen LogP contribution < -0.4 is 10.6 Å². The van der Waals surface area contributed by atoms with Gasteiger partial charge >= 0.3 is 0 Å². The summed E-state index contributed by atoms with van der Waals surface area (Å²) in [4.78, 5) is 26.3. The maximum Gasteiger partial charge on any atom is 0.240 e. The molecule has 6 heteroatoms. The number of rotatable bonds is 6. The van der Waals surface area contributed by atoms with E-state index in [1.807, 2.05) is 64.1 Å². The van der Waals surface area contributed by atoms with Gasteiger partial charge in [-0.25, -0.2) is 0 Å². The lowest BCUT2D eigenvalue weighted by Gasteiger charge is -2.29. The number of benzene rings is 2. The number of carbonyl (C=O) groups is 2. The molecule has 0 saturated heterocycles. The largest absolute Gasteiger partial charge is 0.325 e. The van der Waals surface area contributed by atoms with E-state index in [2.05, 4.69) is 42.5 Å². The van der Waals surface area contributed by atoms with Crippen molar-refractivity contribution in [3.8, 4) is 0 Å². The van der Waals surface area contributed by atoms with Crippen LogP contribution in [0.5, 0.6) is 0 Å². The summed E-state index contributed by atoms with van der Waals surface area (Å²) in [5, 5.41) is 5.89. The van der Waals surface area contributed by atoms with Gasteiger partial charge in [-0.05, 0) is 62.1 Å². The number of hydrogen-bond donors (Lipinski definition) is 2. The minimum Gasteiger partial charge on any atom is -0.325 e. The number of carbonyl (C=O) groups excluding carboxylic acids is 2. The van der Waals surface area contributed by atoms with Crippen molar-refractivity contribution in [1.82, 2.24) is 0 Å². The number of nitrogens with one attached hydrogen (secondary N) is 2. The van der Waals surface area contributed by atoms with Gasteiger partial charge in [-0.2, -0.15) is 0 Å². The van der Waals surface area contributed by atoms with Crippen LogP contribution in [-0.2, 0) is 9.59 Å². The van der Waals surface area contributed by atoms with Crippen molar-refractivity contribution >= 4 is 55.0 Å². The molecule has 0 aromatic heterocycles. The topological polar surface area (TPSA) is 58.2 Å². The van der Waals surface area contributed by atoms with Crippen LogP contribution in [0.4, 0.5) is 11.4 Å². The van der Waals surface area contributed by atoms with Crippen molar-refractivity contribution in [3.63, 3.8) is 0 Å².